The number of halogens is 1. The molecule has 1 atom stereocenters. The second-order valence-corrected chi connectivity index (χ2v) is 4.66. The quantitative estimate of drug-likeness (QED) is 0.485. The molecule has 0 aliphatic carbocycles. The molecule has 6 heteroatoms. The van der Waals surface area contributed by atoms with E-state index in [1.807, 2.05) is 0 Å². The molecule has 86 valence electrons. The summed E-state index contributed by atoms with van der Waals surface area (Å²) in [5.41, 5.74) is 0. The Morgan fingerprint density at radius 2 is 1.86 bits per heavy atom. The molecule has 1 unspecified atom stereocenters. The van der Waals surface area contributed by atoms with Gasteiger partial charge in [0.25, 0.3) is 10.2 Å². The predicted octanol–water partition coefficient (Wildman–Crippen LogP) is 1.44. The first kappa shape index (κ1) is 13.8. The summed E-state index contributed by atoms with van der Waals surface area (Å²) in [6, 6.07) is 0. The number of unbranched alkanes of at least 4 members (excludes halogenated alkanes) is 4. The second-order valence-electron chi connectivity index (χ2n) is 3.33. The first-order valence-electron chi connectivity index (χ1n) is 4.90. The topological polar surface area (TPSA) is 72.2 Å². The van der Waals surface area contributed by atoms with E-state index in [-0.39, 0.29) is 6.42 Å². The van der Waals surface area contributed by atoms with Gasteiger partial charge in [-0.2, -0.15) is 13.1 Å². The molecule has 0 bridgehead atoms. The van der Waals surface area contributed by atoms with Gasteiger partial charge in [-0.3, -0.25) is 0 Å². The Labute approximate surface area is 85.2 Å². The van der Waals surface area contributed by atoms with E-state index in [2.05, 4.69) is 12.1 Å². The predicted molar refractivity (Wildman–Crippen MR) is 54.5 cm³/mol. The summed E-state index contributed by atoms with van der Waals surface area (Å²) in [4.78, 5) is 0. The fraction of sp³-hybridized carbons (Fsp3) is 1.00. The van der Waals surface area contributed by atoms with Gasteiger partial charge in [0.1, 0.15) is 0 Å². The standard InChI is InChI=1S/C8H19FN2O2S/c1-2-3-4-5-6-7-8(9)11-14(10,12)13/h8,11H,2-7H2,1H3,(H2,10,12,13). The molecule has 4 nitrogen and oxygen atoms in total. The van der Waals surface area contributed by atoms with E-state index in [0.29, 0.717) is 6.42 Å². The normalized spacial score (nSPS) is 14.2. The lowest BCUT2D eigenvalue weighted by Crippen LogP contribution is -2.36. The van der Waals surface area contributed by atoms with Crippen LogP contribution in [0.4, 0.5) is 4.39 Å². The zero-order valence-electron chi connectivity index (χ0n) is 8.50. The Morgan fingerprint density at radius 1 is 1.29 bits per heavy atom. The smallest absolute Gasteiger partial charge is 0.229 e. The maximum atomic E-state index is 12.8. The number of nitrogens with one attached hydrogen (secondary N) is 1. The third-order valence-electron chi connectivity index (χ3n) is 1.85. The van der Waals surface area contributed by atoms with Crippen LogP contribution in [0.1, 0.15) is 45.4 Å². The van der Waals surface area contributed by atoms with Gasteiger partial charge in [0.05, 0.1) is 0 Å². The van der Waals surface area contributed by atoms with Crippen LogP contribution >= 0.6 is 0 Å². The molecule has 0 aliphatic rings. The molecule has 3 N–H and O–H groups in total. The second kappa shape index (κ2) is 7.14. The van der Waals surface area contributed by atoms with E-state index in [0.717, 1.165) is 25.7 Å². The van der Waals surface area contributed by atoms with Gasteiger partial charge >= 0.3 is 0 Å². The highest BCUT2D eigenvalue weighted by Gasteiger charge is 2.11. The molecule has 0 radical (unpaired) electrons. The van der Waals surface area contributed by atoms with Crippen LogP contribution in [0.2, 0.25) is 0 Å². The SMILES string of the molecule is CCCCCCCC(F)NS(N)(=O)=O. The van der Waals surface area contributed by atoms with Gasteiger partial charge in [-0.15, -0.1) is 0 Å². The molecule has 0 rings (SSSR count). The highest BCUT2D eigenvalue weighted by Crippen LogP contribution is 2.07. The fourth-order valence-corrected chi connectivity index (χ4v) is 1.64. The Hall–Kier alpha value is -0.200. The Morgan fingerprint density at radius 3 is 2.36 bits per heavy atom. The third-order valence-corrected chi connectivity index (χ3v) is 2.44. The highest BCUT2D eigenvalue weighted by atomic mass is 32.2. The minimum Gasteiger partial charge on any atom is -0.229 e. The maximum Gasteiger partial charge on any atom is 0.276 e. The molecule has 0 heterocycles. The lowest BCUT2D eigenvalue weighted by Gasteiger charge is -2.07. The van der Waals surface area contributed by atoms with Crippen LogP contribution in [0.25, 0.3) is 0 Å². The maximum absolute atomic E-state index is 12.8. The third kappa shape index (κ3) is 9.88. The summed E-state index contributed by atoms with van der Waals surface area (Å²) in [6.07, 6.45) is 3.60. The number of hydrogen-bond donors (Lipinski definition) is 2. The molecule has 14 heavy (non-hydrogen) atoms. The first-order chi connectivity index (χ1) is 6.45. The highest BCUT2D eigenvalue weighted by molar-refractivity contribution is 7.87. The van der Waals surface area contributed by atoms with Crippen LogP contribution in [0, 0.1) is 0 Å². The molecule has 0 aliphatic heterocycles. The molecule has 0 fully saturated rings. The number of alkyl halides is 1. The Bertz CT molecular complexity index is 231. The molecule has 0 aromatic carbocycles. The van der Waals surface area contributed by atoms with E-state index in [1.54, 1.807) is 4.72 Å². The van der Waals surface area contributed by atoms with E-state index >= 15 is 0 Å². The minimum atomic E-state index is -3.90. The van der Waals surface area contributed by atoms with Crippen LogP contribution in [-0.4, -0.2) is 14.7 Å². The average Bonchev–Trinajstić information content (AvgIpc) is 2.00. The molecule has 0 spiro atoms. The summed E-state index contributed by atoms with van der Waals surface area (Å²) >= 11 is 0. The van der Waals surface area contributed by atoms with Gasteiger partial charge in [-0.1, -0.05) is 32.6 Å². The van der Waals surface area contributed by atoms with E-state index in [4.69, 9.17) is 0 Å². The van der Waals surface area contributed by atoms with Gasteiger partial charge in [0.2, 0.25) is 0 Å². The summed E-state index contributed by atoms with van der Waals surface area (Å²) in [5.74, 6) is 0. The van der Waals surface area contributed by atoms with Crippen LogP contribution < -0.4 is 9.86 Å². The van der Waals surface area contributed by atoms with Crippen LogP contribution in [-0.2, 0) is 10.2 Å². The van der Waals surface area contributed by atoms with Gasteiger partial charge in [-0.25, -0.2) is 9.53 Å². The van der Waals surface area contributed by atoms with Crippen molar-refractivity contribution < 1.29 is 12.8 Å². The van der Waals surface area contributed by atoms with Crippen LogP contribution in [0.15, 0.2) is 0 Å². The van der Waals surface area contributed by atoms with Gasteiger partial charge in [-0.05, 0) is 12.8 Å². The van der Waals surface area contributed by atoms with Gasteiger partial charge < -0.3 is 0 Å². The lowest BCUT2D eigenvalue weighted by molar-refractivity contribution is 0.287. The van der Waals surface area contributed by atoms with Crippen molar-refractivity contribution in [1.29, 1.82) is 0 Å². The average molecular weight is 226 g/mol. The Balaban J connectivity index is 3.41. The van der Waals surface area contributed by atoms with Crippen molar-refractivity contribution in [1.82, 2.24) is 4.72 Å². The van der Waals surface area contributed by atoms with Gasteiger partial charge in [0, 0.05) is 0 Å². The van der Waals surface area contributed by atoms with Crippen molar-refractivity contribution in [2.75, 3.05) is 0 Å². The molecular weight excluding hydrogens is 207 g/mol. The molecular formula is C8H19FN2O2S. The summed E-state index contributed by atoms with van der Waals surface area (Å²) in [5, 5.41) is 4.61. The van der Waals surface area contributed by atoms with Crippen molar-refractivity contribution in [3.8, 4) is 0 Å². The van der Waals surface area contributed by atoms with Crippen molar-refractivity contribution in [3.63, 3.8) is 0 Å². The largest absolute Gasteiger partial charge is 0.276 e. The van der Waals surface area contributed by atoms with Crippen molar-refractivity contribution in [3.05, 3.63) is 0 Å². The van der Waals surface area contributed by atoms with E-state index < -0.39 is 16.5 Å². The van der Waals surface area contributed by atoms with Gasteiger partial charge in [0.15, 0.2) is 6.30 Å². The molecule has 0 aromatic rings. The number of rotatable bonds is 8. The molecule has 0 saturated heterocycles. The first-order valence-corrected chi connectivity index (χ1v) is 6.44. The lowest BCUT2D eigenvalue weighted by atomic mass is 10.1. The van der Waals surface area contributed by atoms with Crippen LogP contribution in [0.3, 0.4) is 0 Å². The Kier molecular flexibility index (Phi) is 7.04. The van der Waals surface area contributed by atoms with Crippen molar-refractivity contribution in [2.45, 2.75) is 51.7 Å². The minimum absolute atomic E-state index is 0.195. The number of nitrogens with two attached hydrogens (primary N) is 1. The summed E-state index contributed by atoms with van der Waals surface area (Å²) in [7, 11) is -3.90. The van der Waals surface area contributed by atoms with Crippen LogP contribution in [0.5, 0.6) is 0 Å². The van der Waals surface area contributed by atoms with Crippen molar-refractivity contribution >= 4 is 10.2 Å². The molecule has 0 amide bonds. The molecule has 0 saturated carbocycles. The fourth-order valence-electron chi connectivity index (χ4n) is 1.16. The summed E-state index contributed by atoms with van der Waals surface area (Å²) < 4.78 is 35.3. The molecule has 0 aromatic heterocycles. The summed E-state index contributed by atoms with van der Waals surface area (Å²) in [6.45, 7) is 2.10. The number of hydrogen-bond acceptors (Lipinski definition) is 2. The zero-order chi connectivity index (χ0) is 11.0. The van der Waals surface area contributed by atoms with Crippen molar-refractivity contribution in [2.24, 2.45) is 5.14 Å². The zero-order valence-corrected chi connectivity index (χ0v) is 9.32. The van der Waals surface area contributed by atoms with E-state index in [9.17, 15) is 12.8 Å². The monoisotopic (exact) mass is 226 g/mol. The van der Waals surface area contributed by atoms with E-state index in [1.165, 1.54) is 0 Å².